The molecule has 1 amide bonds. The van der Waals surface area contributed by atoms with Crippen molar-refractivity contribution in [1.82, 2.24) is 5.32 Å². The van der Waals surface area contributed by atoms with Gasteiger partial charge in [-0.05, 0) is 30.7 Å². The van der Waals surface area contributed by atoms with Gasteiger partial charge in [0.1, 0.15) is 11.8 Å². The Balaban J connectivity index is 2.91. The number of hydrogen-bond donors (Lipinski definition) is 2. The number of carbonyl (C=O) groups is 1. The van der Waals surface area contributed by atoms with Crippen molar-refractivity contribution in [3.8, 4) is 5.75 Å². The van der Waals surface area contributed by atoms with Crippen molar-refractivity contribution in [2.45, 2.75) is 25.7 Å². The molecule has 1 aromatic carbocycles. The summed E-state index contributed by atoms with van der Waals surface area (Å²) in [5.41, 5.74) is 5.56. The summed E-state index contributed by atoms with van der Waals surface area (Å²) in [5.74, 6) is -1.04. The number of carbonyl (C=O) groups excluding carboxylic acids is 1. The third-order valence-corrected chi connectivity index (χ3v) is 2.31. The largest absolute Gasteiger partial charge is 0.573 e. The fourth-order valence-electron chi connectivity index (χ4n) is 1.56. The maximum Gasteiger partial charge on any atom is 0.573 e. The van der Waals surface area contributed by atoms with Crippen LogP contribution in [-0.4, -0.2) is 18.8 Å². The number of halogens is 3. The Bertz CT molecular complexity index is 435. The third kappa shape index (κ3) is 5.17. The fourth-order valence-corrected chi connectivity index (χ4v) is 1.56. The molecule has 1 aromatic rings. The van der Waals surface area contributed by atoms with Gasteiger partial charge < -0.3 is 15.8 Å². The molecule has 106 valence electrons. The zero-order chi connectivity index (χ0) is 14.5. The van der Waals surface area contributed by atoms with Crippen LogP contribution >= 0.6 is 0 Å². The van der Waals surface area contributed by atoms with Crippen LogP contribution in [0.25, 0.3) is 0 Å². The Morgan fingerprint density at radius 2 is 2.16 bits per heavy atom. The van der Waals surface area contributed by atoms with E-state index < -0.39 is 18.3 Å². The molecule has 3 N–H and O–H groups in total. The molecule has 0 aliphatic carbocycles. The average Bonchev–Trinajstić information content (AvgIpc) is 2.27. The van der Waals surface area contributed by atoms with E-state index in [1.807, 2.05) is 6.92 Å². The molecule has 0 saturated carbocycles. The molecule has 0 aliphatic heterocycles. The second kappa shape index (κ2) is 6.42. The van der Waals surface area contributed by atoms with Crippen molar-refractivity contribution < 1.29 is 22.7 Å². The molecular weight excluding hydrogens is 261 g/mol. The molecule has 0 heterocycles. The van der Waals surface area contributed by atoms with Crippen LogP contribution in [0.15, 0.2) is 24.3 Å². The molecule has 0 aromatic heterocycles. The van der Waals surface area contributed by atoms with Crippen molar-refractivity contribution in [1.29, 1.82) is 0 Å². The molecule has 0 spiro atoms. The van der Waals surface area contributed by atoms with Crippen LogP contribution in [0.1, 0.15) is 24.9 Å². The van der Waals surface area contributed by atoms with Gasteiger partial charge in [0.25, 0.3) is 0 Å². The minimum atomic E-state index is -4.77. The Kier molecular flexibility index (Phi) is 5.17. The number of nitrogens with two attached hydrogens (primary N) is 1. The van der Waals surface area contributed by atoms with Crippen LogP contribution in [-0.2, 0) is 4.79 Å². The van der Waals surface area contributed by atoms with Crippen molar-refractivity contribution in [3.05, 3.63) is 29.8 Å². The Morgan fingerprint density at radius 1 is 1.47 bits per heavy atom. The van der Waals surface area contributed by atoms with Gasteiger partial charge in [-0.1, -0.05) is 19.1 Å². The van der Waals surface area contributed by atoms with Crippen LogP contribution in [0.3, 0.4) is 0 Å². The Morgan fingerprint density at radius 3 is 2.68 bits per heavy atom. The number of nitrogens with one attached hydrogen (secondary N) is 1. The van der Waals surface area contributed by atoms with E-state index in [0.29, 0.717) is 12.1 Å². The third-order valence-electron chi connectivity index (χ3n) is 2.31. The molecule has 4 nitrogen and oxygen atoms in total. The first-order valence-electron chi connectivity index (χ1n) is 5.72. The Labute approximate surface area is 108 Å². The lowest BCUT2D eigenvalue weighted by molar-refractivity contribution is -0.274. The van der Waals surface area contributed by atoms with E-state index in [0.717, 1.165) is 18.6 Å². The van der Waals surface area contributed by atoms with Crippen LogP contribution in [0, 0.1) is 0 Å². The minimum absolute atomic E-state index is 0.336. The number of alkyl halides is 3. The summed E-state index contributed by atoms with van der Waals surface area (Å²) in [7, 11) is 0. The van der Waals surface area contributed by atoms with Crippen molar-refractivity contribution in [2.75, 3.05) is 6.54 Å². The molecule has 1 unspecified atom stereocenters. The fraction of sp³-hybridized carbons (Fsp3) is 0.417. The standard InChI is InChI=1S/C12H15F3N2O2/c1-2-6-17-10(11(16)18)8-4-3-5-9(7-8)19-12(13,14)15/h3-5,7,10,17H,2,6H2,1H3,(H2,16,18). The smallest absolute Gasteiger partial charge is 0.406 e. The summed E-state index contributed by atoms with van der Waals surface area (Å²) < 4.78 is 40.1. The van der Waals surface area contributed by atoms with Gasteiger partial charge in [-0.25, -0.2) is 0 Å². The second-order valence-corrected chi connectivity index (χ2v) is 3.91. The molecule has 0 saturated heterocycles. The summed E-state index contributed by atoms with van der Waals surface area (Å²) in [5, 5.41) is 2.86. The van der Waals surface area contributed by atoms with Crippen LogP contribution in [0.4, 0.5) is 13.2 Å². The van der Waals surface area contributed by atoms with Gasteiger partial charge in [-0.3, -0.25) is 4.79 Å². The molecule has 0 radical (unpaired) electrons. The highest BCUT2D eigenvalue weighted by atomic mass is 19.4. The minimum Gasteiger partial charge on any atom is -0.406 e. The normalized spacial score (nSPS) is 13.1. The number of primary amides is 1. The molecule has 0 fully saturated rings. The van der Waals surface area contributed by atoms with Gasteiger partial charge in [-0.15, -0.1) is 13.2 Å². The molecule has 1 atom stereocenters. The van der Waals surface area contributed by atoms with Gasteiger partial charge in [0.05, 0.1) is 0 Å². The predicted molar refractivity (Wildman–Crippen MR) is 63.4 cm³/mol. The second-order valence-electron chi connectivity index (χ2n) is 3.91. The van der Waals surface area contributed by atoms with Gasteiger partial charge in [0, 0.05) is 0 Å². The summed E-state index contributed by atoms with van der Waals surface area (Å²) >= 11 is 0. The first-order chi connectivity index (χ1) is 8.83. The number of benzene rings is 1. The highest BCUT2D eigenvalue weighted by molar-refractivity contribution is 5.81. The SMILES string of the molecule is CCCNC(C(N)=O)c1cccc(OC(F)(F)F)c1. The van der Waals surface area contributed by atoms with E-state index >= 15 is 0 Å². The maximum atomic E-state index is 12.1. The molecule has 7 heteroatoms. The van der Waals surface area contributed by atoms with Crippen LogP contribution in [0.2, 0.25) is 0 Å². The monoisotopic (exact) mass is 276 g/mol. The molecule has 0 bridgehead atoms. The summed E-state index contributed by atoms with van der Waals surface area (Å²) in [4.78, 5) is 11.3. The van der Waals surface area contributed by atoms with E-state index in [1.54, 1.807) is 0 Å². The lowest BCUT2D eigenvalue weighted by Crippen LogP contribution is -2.34. The Hall–Kier alpha value is -1.76. The van der Waals surface area contributed by atoms with E-state index in [-0.39, 0.29) is 5.75 Å². The molecule has 1 rings (SSSR count). The highest BCUT2D eigenvalue weighted by Gasteiger charge is 2.31. The van der Waals surface area contributed by atoms with E-state index in [1.165, 1.54) is 12.1 Å². The molecule has 19 heavy (non-hydrogen) atoms. The van der Waals surface area contributed by atoms with E-state index in [2.05, 4.69) is 10.1 Å². The van der Waals surface area contributed by atoms with E-state index in [9.17, 15) is 18.0 Å². The lowest BCUT2D eigenvalue weighted by Gasteiger charge is -2.16. The first-order valence-corrected chi connectivity index (χ1v) is 5.72. The summed E-state index contributed by atoms with van der Waals surface area (Å²) in [6.07, 6.45) is -4.00. The summed E-state index contributed by atoms with van der Waals surface area (Å²) in [6.45, 7) is 2.42. The van der Waals surface area contributed by atoms with Gasteiger partial charge in [0.15, 0.2) is 0 Å². The van der Waals surface area contributed by atoms with Crippen molar-refractivity contribution in [3.63, 3.8) is 0 Å². The number of rotatable bonds is 6. The van der Waals surface area contributed by atoms with Crippen LogP contribution in [0.5, 0.6) is 5.75 Å². The van der Waals surface area contributed by atoms with Crippen molar-refractivity contribution in [2.24, 2.45) is 5.73 Å². The summed E-state index contributed by atoms with van der Waals surface area (Å²) in [6, 6.07) is 4.36. The van der Waals surface area contributed by atoms with E-state index in [4.69, 9.17) is 5.73 Å². The highest BCUT2D eigenvalue weighted by Crippen LogP contribution is 2.25. The van der Waals surface area contributed by atoms with Crippen molar-refractivity contribution >= 4 is 5.91 Å². The average molecular weight is 276 g/mol. The lowest BCUT2D eigenvalue weighted by atomic mass is 10.1. The maximum absolute atomic E-state index is 12.1. The molecule has 0 aliphatic rings. The number of amides is 1. The van der Waals surface area contributed by atoms with Gasteiger partial charge in [-0.2, -0.15) is 0 Å². The topological polar surface area (TPSA) is 64.3 Å². The zero-order valence-corrected chi connectivity index (χ0v) is 10.3. The van der Waals surface area contributed by atoms with Gasteiger partial charge >= 0.3 is 6.36 Å². The first kappa shape index (κ1) is 15.3. The predicted octanol–water partition coefficient (Wildman–Crippen LogP) is 2.11. The number of ether oxygens (including phenoxy) is 1. The van der Waals surface area contributed by atoms with Crippen LogP contribution < -0.4 is 15.8 Å². The molecular formula is C12H15F3N2O2. The number of hydrogen-bond acceptors (Lipinski definition) is 3. The zero-order valence-electron chi connectivity index (χ0n) is 10.3. The quantitative estimate of drug-likeness (QED) is 0.836. The van der Waals surface area contributed by atoms with Gasteiger partial charge in [0.2, 0.25) is 5.91 Å².